The largest absolute Gasteiger partial charge is 0.313 e. The molecule has 1 unspecified atom stereocenters. The van der Waals surface area contributed by atoms with Crippen molar-refractivity contribution < 1.29 is 0 Å². The molecule has 0 aliphatic carbocycles. The number of thioether (sulfide) groups is 1. The van der Waals surface area contributed by atoms with E-state index >= 15 is 0 Å². The second kappa shape index (κ2) is 5.88. The highest BCUT2D eigenvalue weighted by atomic mass is 32.2. The summed E-state index contributed by atoms with van der Waals surface area (Å²) in [5, 5.41) is 13.3. The molecule has 2 rings (SSSR count). The number of nitrogens with one attached hydrogen (secondary N) is 1. The van der Waals surface area contributed by atoms with Crippen LogP contribution in [0.4, 0.5) is 0 Å². The van der Waals surface area contributed by atoms with Crippen molar-refractivity contribution in [1.82, 2.24) is 10.3 Å². The first-order chi connectivity index (χ1) is 7.90. The molecule has 1 fully saturated rings. The molecule has 1 aromatic heterocycles. The van der Waals surface area contributed by atoms with Crippen LogP contribution in [-0.4, -0.2) is 23.3 Å². The summed E-state index contributed by atoms with van der Waals surface area (Å²) >= 11 is 1.68. The summed E-state index contributed by atoms with van der Waals surface area (Å²) in [4.78, 5) is 4.25. The Morgan fingerprint density at radius 1 is 1.56 bits per heavy atom. The number of nitrogens with zero attached hydrogens (tertiary/aromatic N) is 2. The lowest BCUT2D eigenvalue weighted by Crippen LogP contribution is -2.35. The van der Waals surface area contributed by atoms with E-state index in [1.165, 1.54) is 19.3 Å². The highest BCUT2D eigenvalue weighted by molar-refractivity contribution is 7.99. The summed E-state index contributed by atoms with van der Waals surface area (Å²) in [5.41, 5.74) is 0.684. The molecule has 0 amide bonds. The molecule has 84 valence electrons. The lowest BCUT2D eigenvalue weighted by atomic mass is 10.1. The quantitative estimate of drug-likeness (QED) is 0.813. The number of rotatable bonds is 3. The molecule has 1 aliphatic rings. The molecule has 16 heavy (non-hydrogen) atoms. The Kier molecular flexibility index (Phi) is 4.20. The summed E-state index contributed by atoms with van der Waals surface area (Å²) in [7, 11) is 0. The third kappa shape index (κ3) is 2.97. The van der Waals surface area contributed by atoms with Gasteiger partial charge in [0.25, 0.3) is 0 Å². The van der Waals surface area contributed by atoms with E-state index < -0.39 is 0 Å². The maximum Gasteiger partial charge on any atom is 0.114 e. The topological polar surface area (TPSA) is 48.7 Å². The van der Waals surface area contributed by atoms with Crippen molar-refractivity contribution in [2.45, 2.75) is 30.3 Å². The van der Waals surface area contributed by atoms with Crippen molar-refractivity contribution >= 4 is 11.8 Å². The van der Waals surface area contributed by atoms with Crippen molar-refractivity contribution in [2.75, 3.05) is 12.3 Å². The van der Waals surface area contributed by atoms with Gasteiger partial charge in [-0.25, -0.2) is 4.98 Å². The Labute approximate surface area is 100 Å². The molecule has 0 bridgehead atoms. The average Bonchev–Trinajstić information content (AvgIpc) is 2.38. The minimum atomic E-state index is 0.576. The van der Waals surface area contributed by atoms with Crippen LogP contribution < -0.4 is 5.32 Å². The van der Waals surface area contributed by atoms with Gasteiger partial charge in [-0.15, -0.1) is 11.8 Å². The Morgan fingerprint density at radius 2 is 2.50 bits per heavy atom. The van der Waals surface area contributed by atoms with Crippen molar-refractivity contribution in [2.24, 2.45) is 0 Å². The van der Waals surface area contributed by atoms with Gasteiger partial charge in [0.05, 0.1) is 5.56 Å². The van der Waals surface area contributed by atoms with E-state index in [0.29, 0.717) is 11.6 Å². The van der Waals surface area contributed by atoms with Gasteiger partial charge in [-0.3, -0.25) is 0 Å². The van der Waals surface area contributed by atoms with E-state index in [4.69, 9.17) is 5.26 Å². The zero-order chi connectivity index (χ0) is 11.2. The number of pyridine rings is 1. The van der Waals surface area contributed by atoms with Crippen LogP contribution in [0.1, 0.15) is 24.8 Å². The van der Waals surface area contributed by atoms with Crippen LogP contribution in [0.3, 0.4) is 0 Å². The fraction of sp³-hybridized carbons (Fsp3) is 0.500. The van der Waals surface area contributed by atoms with Crippen molar-refractivity contribution in [3.8, 4) is 6.07 Å². The number of piperidine rings is 1. The number of nitriles is 1. The van der Waals surface area contributed by atoms with E-state index in [9.17, 15) is 0 Å². The van der Waals surface area contributed by atoms with Gasteiger partial charge in [-0.05, 0) is 31.5 Å². The van der Waals surface area contributed by atoms with Gasteiger partial charge in [0.15, 0.2) is 0 Å². The second-order valence-corrected chi connectivity index (χ2v) is 4.93. The predicted molar refractivity (Wildman–Crippen MR) is 65.3 cm³/mol. The molecule has 1 atom stereocenters. The van der Waals surface area contributed by atoms with Crippen LogP contribution >= 0.6 is 11.8 Å². The minimum Gasteiger partial charge on any atom is -0.313 e. The Hall–Kier alpha value is -1.05. The normalized spacial score (nSPS) is 20.3. The van der Waals surface area contributed by atoms with Gasteiger partial charge >= 0.3 is 0 Å². The van der Waals surface area contributed by atoms with Gasteiger partial charge in [0, 0.05) is 18.0 Å². The maximum atomic E-state index is 8.94. The molecule has 3 nitrogen and oxygen atoms in total. The van der Waals surface area contributed by atoms with Gasteiger partial charge in [-0.2, -0.15) is 5.26 Å². The van der Waals surface area contributed by atoms with Crippen molar-refractivity contribution in [3.63, 3.8) is 0 Å². The highest BCUT2D eigenvalue weighted by Crippen LogP contribution is 2.22. The molecule has 0 radical (unpaired) electrons. The van der Waals surface area contributed by atoms with Crippen LogP contribution in [-0.2, 0) is 0 Å². The van der Waals surface area contributed by atoms with Gasteiger partial charge in [0.2, 0.25) is 0 Å². The van der Waals surface area contributed by atoms with Crippen LogP contribution in [0.25, 0.3) is 0 Å². The van der Waals surface area contributed by atoms with E-state index in [0.717, 1.165) is 17.3 Å². The molecule has 0 spiro atoms. The maximum absolute atomic E-state index is 8.94. The lowest BCUT2D eigenvalue weighted by molar-refractivity contribution is 0.430. The average molecular weight is 233 g/mol. The van der Waals surface area contributed by atoms with Crippen LogP contribution in [0.15, 0.2) is 23.4 Å². The van der Waals surface area contributed by atoms with Gasteiger partial charge < -0.3 is 5.32 Å². The SMILES string of the molecule is N#Cc1cccnc1SCC1CCCCN1. The lowest BCUT2D eigenvalue weighted by Gasteiger charge is -2.22. The van der Waals surface area contributed by atoms with Crippen molar-refractivity contribution in [3.05, 3.63) is 23.9 Å². The molecule has 1 aliphatic heterocycles. The zero-order valence-corrected chi connectivity index (χ0v) is 9.96. The van der Waals surface area contributed by atoms with Gasteiger partial charge in [-0.1, -0.05) is 6.42 Å². The molecule has 0 saturated carbocycles. The fourth-order valence-corrected chi connectivity index (χ4v) is 2.88. The van der Waals surface area contributed by atoms with Gasteiger partial charge in [0.1, 0.15) is 11.1 Å². The van der Waals surface area contributed by atoms with Crippen molar-refractivity contribution in [1.29, 1.82) is 5.26 Å². The van der Waals surface area contributed by atoms with E-state index in [2.05, 4.69) is 16.4 Å². The number of aromatic nitrogens is 1. The van der Waals surface area contributed by atoms with Crippen LogP contribution in [0.2, 0.25) is 0 Å². The molecule has 1 N–H and O–H groups in total. The third-order valence-electron chi connectivity index (χ3n) is 2.73. The summed E-state index contributed by atoms with van der Waals surface area (Å²) in [6.45, 7) is 1.12. The third-order valence-corrected chi connectivity index (χ3v) is 3.89. The molecular formula is C12H15N3S. The first kappa shape index (κ1) is 11.4. The molecule has 4 heteroatoms. The molecule has 0 aromatic carbocycles. The Morgan fingerprint density at radius 3 is 3.25 bits per heavy atom. The molecular weight excluding hydrogens is 218 g/mol. The standard InChI is InChI=1S/C12H15N3S/c13-8-10-4-3-7-15-12(10)16-9-11-5-1-2-6-14-11/h3-4,7,11,14H,1-2,5-6,9H2. The van der Waals surface area contributed by atoms with E-state index in [1.54, 1.807) is 18.0 Å². The van der Waals surface area contributed by atoms with Crippen LogP contribution in [0.5, 0.6) is 0 Å². The molecule has 2 heterocycles. The molecule has 1 aromatic rings. The minimum absolute atomic E-state index is 0.576. The van der Waals surface area contributed by atoms with Crippen LogP contribution in [0, 0.1) is 11.3 Å². The first-order valence-electron chi connectivity index (χ1n) is 5.61. The monoisotopic (exact) mass is 233 g/mol. The number of hydrogen-bond acceptors (Lipinski definition) is 4. The zero-order valence-electron chi connectivity index (χ0n) is 9.15. The highest BCUT2D eigenvalue weighted by Gasteiger charge is 2.13. The summed E-state index contributed by atoms with van der Waals surface area (Å²) < 4.78 is 0. The second-order valence-electron chi connectivity index (χ2n) is 3.93. The van der Waals surface area contributed by atoms with E-state index in [-0.39, 0.29) is 0 Å². The summed E-state index contributed by atoms with van der Waals surface area (Å²) in [5.74, 6) is 1.01. The summed E-state index contributed by atoms with van der Waals surface area (Å²) in [6.07, 6.45) is 5.58. The predicted octanol–water partition coefficient (Wildman–Crippen LogP) is 2.19. The molecule has 1 saturated heterocycles. The summed E-state index contributed by atoms with van der Waals surface area (Å²) in [6, 6.07) is 6.39. The first-order valence-corrected chi connectivity index (χ1v) is 6.60. The fourth-order valence-electron chi connectivity index (χ4n) is 1.84. The smallest absolute Gasteiger partial charge is 0.114 e. The Bertz CT molecular complexity index is 380. The van der Waals surface area contributed by atoms with E-state index in [1.807, 2.05) is 12.1 Å². The Balaban J connectivity index is 1.91. The number of hydrogen-bond donors (Lipinski definition) is 1.